The van der Waals surface area contributed by atoms with Gasteiger partial charge in [0.25, 0.3) is 5.69 Å². The van der Waals surface area contributed by atoms with Gasteiger partial charge in [0.1, 0.15) is 11.3 Å². The minimum absolute atomic E-state index is 0.0130. The molecule has 0 amide bonds. The number of rotatable bonds is 3. The van der Waals surface area contributed by atoms with E-state index in [1.807, 2.05) is 6.92 Å². The van der Waals surface area contributed by atoms with Crippen molar-refractivity contribution in [1.29, 1.82) is 0 Å². The second-order valence-electron chi connectivity index (χ2n) is 4.84. The third-order valence-electron chi connectivity index (χ3n) is 2.77. The number of non-ortho nitro benzene ring substituents is 1. The summed E-state index contributed by atoms with van der Waals surface area (Å²) in [5, 5.41) is 28.4. The summed E-state index contributed by atoms with van der Waals surface area (Å²) < 4.78 is 1.43. The van der Waals surface area contributed by atoms with E-state index in [-0.39, 0.29) is 5.69 Å². The number of aryl methyl sites for hydroxylation is 1. The number of hydrogen-bond donors (Lipinski definition) is 1. The lowest BCUT2D eigenvalue weighted by molar-refractivity contribution is -0.384. The van der Waals surface area contributed by atoms with Gasteiger partial charge in [0.15, 0.2) is 0 Å². The Kier molecular flexibility index (Phi) is 3.07. The standard InChI is InChI=1S/C12H14N4O3/c1-8-4-5-9(16(18)19)6-10(8)15-7-11(13-14-15)12(2,3)17/h4-7,17H,1-3H3. The van der Waals surface area contributed by atoms with Gasteiger partial charge in [-0.05, 0) is 26.3 Å². The van der Waals surface area contributed by atoms with E-state index in [2.05, 4.69) is 10.3 Å². The fraction of sp³-hybridized carbons (Fsp3) is 0.333. The highest BCUT2D eigenvalue weighted by Gasteiger charge is 2.21. The number of nitro benzene ring substituents is 1. The maximum absolute atomic E-state index is 10.8. The van der Waals surface area contributed by atoms with E-state index in [1.165, 1.54) is 16.8 Å². The molecule has 0 aliphatic carbocycles. The van der Waals surface area contributed by atoms with Crippen LogP contribution in [0.15, 0.2) is 24.4 Å². The van der Waals surface area contributed by atoms with Gasteiger partial charge in [-0.1, -0.05) is 11.3 Å². The second kappa shape index (κ2) is 4.43. The molecule has 0 spiro atoms. The zero-order chi connectivity index (χ0) is 14.2. The molecule has 1 aromatic carbocycles. The summed E-state index contributed by atoms with van der Waals surface area (Å²) in [7, 11) is 0. The minimum atomic E-state index is -1.10. The number of aliphatic hydroxyl groups is 1. The Morgan fingerprint density at radius 2 is 2.11 bits per heavy atom. The predicted molar refractivity (Wildman–Crippen MR) is 68.0 cm³/mol. The lowest BCUT2D eigenvalue weighted by Gasteiger charge is -2.12. The Balaban J connectivity index is 2.49. The van der Waals surface area contributed by atoms with Gasteiger partial charge in [-0.3, -0.25) is 10.1 Å². The Labute approximate surface area is 109 Å². The van der Waals surface area contributed by atoms with Gasteiger partial charge in [-0.2, -0.15) is 0 Å². The molecule has 7 nitrogen and oxygen atoms in total. The van der Waals surface area contributed by atoms with E-state index < -0.39 is 10.5 Å². The van der Waals surface area contributed by atoms with Crippen LogP contribution in [0.2, 0.25) is 0 Å². The Morgan fingerprint density at radius 1 is 1.42 bits per heavy atom. The molecule has 2 rings (SSSR count). The zero-order valence-electron chi connectivity index (χ0n) is 10.9. The van der Waals surface area contributed by atoms with Crippen molar-refractivity contribution >= 4 is 5.69 Å². The van der Waals surface area contributed by atoms with Gasteiger partial charge in [-0.25, -0.2) is 4.68 Å². The third-order valence-corrected chi connectivity index (χ3v) is 2.77. The SMILES string of the molecule is Cc1ccc([N+](=O)[O-])cc1-n1cc(C(C)(C)O)nn1. The summed E-state index contributed by atoms with van der Waals surface area (Å²) in [6, 6.07) is 4.52. The maximum Gasteiger partial charge on any atom is 0.271 e. The molecule has 0 radical (unpaired) electrons. The van der Waals surface area contributed by atoms with E-state index >= 15 is 0 Å². The van der Waals surface area contributed by atoms with E-state index in [0.717, 1.165) is 5.56 Å². The monoisotopic (exact) mass is 262 g/mol. The lowest BCUT2D eigenvalue weighted by Crippen LogP contribution is -2.15. The van der Waals surface area contributed by atoms with Crippen LogP contribution in [0.5, 0.6) is 0 Å². The van der Waals surface area contributed by atoms with Crippen molar-refractivity contribution in [2.45, 2.75) is 26.4 Å². The van der Waals surface area contributed by atoms with Gasteiger partial charge in [-0.15, -0.1) is 5.10 Å². The van der Waals surface area contributed by atoms with Gasteiger partial charge >= 0.3 is 0 Å². The van der Waals surface area contributed by atoms with Crippen molar-refractivity contribution in [2.24, 2.45) is 0 Å². The number of hydrogen-bond acceptors (Lipinski definition) is 5. The molecule has 1 aromatic heterocycles. The van der Waals surface area contributed by atoms with Gasteiger partial charge in [0.2, 0.25) is 0 Å². The average Bonchev–Trinajstić information content (AvgIpc) is 2.78. The summed E-state index contributed by atoms with van der Waals surface area (Å²) in [6.45, 7) is 5.02. The highest BCUT2D eigenvalue weighted by atomic mass is 16.6. The van der Waals surface area contributed by atoms with Crippen LogP contribution >= 0.6 is 0 Å². The van der Waals surface area contributed by atoms with Crippen molar-refractivity contribution in [3.8, 4) is 5.69 Å². The smallest absolute Gasteiger partial charge is 0.271 e. The maximum atomic E-state index is 10.8. The van der Waals surface area contributed by atoms with Gasteiger partial charge < -0.3 is 5.11 Å². The molecule has 0 unspecified atom stereocenters. The zero-order valence-corrected chi connectivity index (χ0v) is 10.9. The first-order valence-corrected chi connectivity index (χ1v) is 5.69. The van der Waals surface area contributed by atoms with Crippen LogP contribution in [0.3, 0.4) is 0 Å². The molecule has 19 heavy (non-hydrogen) atoms. The molecule has 0 saturated carbocycles. The molecular weight excluding hydrogens is 248 g/mol. The Bertz CT molecular complexity index is 628. The first-order chi connectivity index (χ1) is 8.79. The second-order valence-corrected chi connectivity index (χ2v) is 4.84. The molecule has 0 saturated heterocycles. The van der Waals surface area contributed by atoms with Crippen LogP contribution < -0.4 is 0 Å². The summed E-state index contributed by atoms with van der Waals surface area (Å²) in [5.74, 6) is 0. The topological polar surface area (TPSA) is 94.1 Å². The highest BCUT2D eigenvalue weighted by Crippen LogP contribution is 2.22. The fourth-order valence-electron chi connectivity index (χ4n) is 1.62. The molecule has 0 aliphatic heterocycles. The largest absolute Gasteiger partial charge is 0.384 e. The first-order valence-electron chi connectivity index (χ1n) is 5.69. The van der Waals surface area contributed by atoms with Crippen LogP contribution in [0.25, 0.3) is 5.69 Å². The van der Waals surface area contributed by atoms with Crippen LogP contribution in [0, 0.1) is 17.0 Å². The van der Waals surface area contributed by atoms with Crippen LogP contribution in [-0.4, -0.2) is 25.0 Å². The Hall–Kier alpha value is -2.28. The predicted octanol–water partition coefficient (Wildman–Crippen LogP) is 1.71. The number of nitro groups is 1. The summed E-state index contributed by atoms with van der Waals surface area (Å²) in [4.78, 5) is 10.3. The van der Waals surface area contributed by atoms with Crippen LogP contribution in [-0.2, 0) is 5.60 Å². The number of aromatic nitrogens is 3. The minimum Gasteiger partial charge on any atom is -0.384 e. The summed E-state index contributed by atoms with van der Waals surface area (Å²) in [6.07, 6.45) is 1.56. The van der Waals surface area contributed by atoms with Gasteiger partial charge in [0.05, 0.1) is 16.8 Å². The van der Waals surface area contributed by atoms with Crippen molar-refractivity contribution in [2.75, 3.05) is 0 Å². The normalized spacial score (nSPS) is 11.6. The van der Waals surface area contributed by atoms with Crippen molar-refractivity contribution in [1.82, 2.24) is 15.0 Å². The highest BCUT2D eigenvalue weighted by molar-refractivity contribution is 5.48. The van der Waals surface area contributed by atoms with E-state index in [4.69, 9.17) is 0 Å². The fourth-order valence-corrected chi connectivity index (χ4v) is 1.62. The molecule has 0 aliphatic rings. The quantitative estimate of drug-likeness (QED) is 0.671. The molecule has 100 valence electrons. The molecule has 0 bridgehead atoms. The van der Waals surface area contributed by atoms with Crippen LogP contribution in [0.1, 0.15) is 25.1 Å². The number of benzene rings is 1. The summed E-state index contributed by atoms with van der Waals surface area (Å²) in [5.41, 5.74) is 0.682. The van der Waals surface area contributed by atoms with E-state index in [1.54, 1.807) is 26.1 Å². The Morgan fingerprint density at radius 3 is 2.63 bits per heavy atom. The molecule has 1 N–H and O–H groups in total. The molecule has 7 heteroatoms. The third kappa shape index (κ3) is 2.60. The van der Waals surface area contributed by atoms with Crippen molar-refractivity contribution < 1.29 is 10.0 Å². The first kappa shape index (κ1) is 13.2. The van der Waals surface area contributed by atoms with Gasteiger partial charge in [0, 0.05) is 12.1 Å². The van der Waals surface area contributed by atoms with Crippen molar-refractivity contribution in [3.63, 3.8) is 0 Å². The molecule has 0 atom stereocenters. The number of nitrogens with zero attached hydrogens (tertiary/aromatic N) is 4. The van der Waals surface area contributed by atoms with Crippen molar-refractivity contribution in [3.05, 3.63) is 45.8 Å². The average molecular weight is 262 g/mol. The van der Waals surface area contributed by atoms with E-state index in [0.29, 0.717) is 11.4 Å². The molecule has 1 heterocycles. The van der Waals surface area contributed by atoms with E-state index in [9.17, 15) is 15.2 Å². The lowest BCUT2D eigenvalue weighted by atomic mass is 10.1. The molecule has 2 aromatic rings. The summed E-state index contributed by atoms with van der Waals surface area (Å²) >= 11 is 0. The molecular formula is C12H14N4O3. The van der Waals surface area contributed by atoms with Crippen LogP contribution in [0.4, 0.5) is 5.69 Å². The molecule has 0 fully saturated rings.